The summed E-state index contributed by atoms with van der Waals surface area (Å²) in [6.45, 7) is 5.45. The Hall–Kier alpha value is -2.37. The zero-order valence-electron chi connectivity index (χ0n) is 12.4. The number of carboxylic acids is 1. The van der Waals surface area contributed by atoms with Crippen LogP contribution in [0.1, 0.15) is 30.9 Å². The summed E-state index contributed by atoms with van der Waals surface area (Å²) in [5.41, 5.74) is 2.60. The molecule has 1 aromatic carbocycles. The number of amides is 3. The summed E-state index contributed by atoms with van der Waals surface area (Å²) in [5, 5.41) is 13.4. The van der Waals surface area contributed by atoms with Gasteiger partial charge in [-0.15, -0.1) is 0 Å². The second-order valence-corrected chi connectivity index (χ2v) is 5.16. The molecule has 0 aliphatic heterocycles. The van der Waals surface area contributed by atoms with Gasteiger partial charge in [-0.25, -0.2) is 4.79 Å². The maximum atomic E-state index is 11.7. The van der Waals surface area contributed by atoms with Crippen molar-refractivity contribution in [3.63, 3.8) is 0 Å². The quantitative estimate of drug-likeness (QED) is 0.776. The molecule has 21 heavy (non-hydrogen) atoms. The van der Waals surface area contributed by atoms with E-state index in [0.29, 0.717) is 5.69 Å². The SMILES string of the molecule is Cc1cccc(NC(=O)NC(=O)CC(C)CC(=O)O)c1C. The van der Waals surface area contributed by atoms with Crippen LogP contribution in [0.5, 0.6) is 0 Å². The molecule has 0 aliphatic rings. The first-order chi connectivity index (χ1) is 9.79. The Morgan fingerprint density at radius 2 is 1.86 bits per heavy atom. The lowest BCUT2D eigenvalue weighted by atomic mass is 10.0. The van der Waals surface area contributed by atoms with Crippen molar-refractivity contribution in [3.05, 3.63) is 29.3 Å². The topological polar surface area (TPSA) is 95.5 Å². The Balaban J connectivity index is 2.52. The number of hydrogen-bond acceptors (Lipinski definition) is 3. The number of anilines is 1. The lowest BCUT2D eigenvalue weighted by Gasteiger charge is -2.12. The van der Waals surface area contributed by atoms with Crippen LogP contribution in [0.4, 0.5) is 10.5 Å². The van der Waals surface area contributed by atoms with E-state index < -0.39 is 17.9 Å². The molecule has 1 unspecified atom stereocenters. The highest BCUT2D eigenvalue weighted by Crippen LogP contribution is 2.17. The van der Waals surface area contributed by atoms with Crippen LogP contribution < -0.4 is 10.6 Å². The molecule has 1 aromatic rings. The lowest BCUT2D eigenvalue weighted by molar-refractivity contribution is -0.138. The molecule has 0 spiro atoms. The average molecular weight is 292 g/mol. The first-order valence-corrected chi connectivity index (χ1v) is 6.68. The largest absolute Gasteiger partial charge is 0.481 e. The van der Waals surface area contributed by atoms with Crippen LogP contribution in [0.2, 0.25) is 0 Å². The normalized spacial score (nSPS) is 11.6. The summed E-state index contributed by atoms with van der Waals surface area (Å²) >= 11 is 0. The molecule has 0 saturated heterocycles. The summed E-state index contributed by atoms with van der Waals surface area (Å²) in [6.07, 6.45) is -0.113. The molecule has 1 atom stereocenters. The molecule has 0 aromatic heterocycles. The van der Waals surface area contributed by atoms with Crippen LogP contribution in [0.15, 0.2) is 18.2 Å². The van der Waals surface area contributed by atoms with Gasteiger partial charge in [0.25, 0.3) is 0 Å². The molecule has 6 nitrogen and oxygen atoms in total. The number of imide groups is 1. The summed E-state index contributed by atoms with van der Waals surface area (Å²) in [4.78, 5) is 33.9. The van der Waals surface area contributed by atoms with Gasteiger partial charge in [0.05, 0.1) is 0 Å². The Labute approximate surface area is 123 Å². The molecule has 0 radical (unpaired) electrons. The fourth-order valence-electron chi connectivity index (χ4n) is 1.90. The predicted octanol–water partition coefficient (Wildman–Crippen LogP) is 2.45. The van der Waals surface area contributed by atoms with Crippen LogP contribution in [-0.2, 0) is 9.59 Å². The van der Waals surface area contributed by atoms with Crippen molar-refractivity contribution in [2.45, 2.75) is 33.6 Å². The van der Waals surface area contributed by atoms with Crippen molar-refractivity contribution in [1.29, 1.82) is 0 Å². The highest BCUT2D eigenvalue weighted by molar-refractivity contribution is 6.01. The molecule has 0 fully saturated rings. The van der Waals surface area contributed by atoms with Gasteiger partial charge in [0.2, 0.25) is 5.91 Å². The monoisotopic (exact) mass is 292 g/mol. The van der Waals surface area contributed by atoms with E-state index in [0.717, 1.165) is 11.1 Å². The summed E-state index contributed by atoms with van der Waals surface area (Å²) in [7, 11) is 0. The molecule has 0 bridgehead atoms. The smallest absolute Gasteiger partial charge is 0.325 e. The van der Waals surface area contributed by atoms with Crippen molar-refractivity contribution in [1.82, 2.24) is 5.32 Å². The van der Waals surface area contributed by atoms with Gasteiger partial charge < -0.3 is 10.4 Å². The van der Waals surface area contributed by atoms with E-state index in [2.05, 4.69) is 10.6 Å². The van der Waals surface area contributed by atoms with Crippen LogP contribution in [0.25, 0.3) is 0 Å². The van der Waals surface area contributed by atoms with E-state index in [1.54, 1.807) is 13.0 Å². The third-order valence-electron chi connectivity index (χ3n) is 3.16. The van der Waals surface area contributed by atoms with E-state index in [1.165, 1.54) is 0 Å². The minimum absolute atomic E-state index is 0.00742. The van der Waals surface area contributed by atoms with Crippen LogP contribution >= 0.6 is 0 Å². The second-order valence-electron chi connectivity index (χ2n) is 5.16. The first-order valence-electron chi connectivity index (χ1n) is 6.68. The number of nitrogens with one attached hydrogen (secondary N) is 2. The van der Waals surface area contributed by atoms with Gasteiger partial charge in [0, 0.05) is 18.5 Å². The molecule has 114 valence electrons. The van der Waals surface area contributed by atoms with E-state index in [4.69, 9.17) is 5.11 Å². The Morgan fingerprint density at radius 1 is 1.19 bits per heavy atom. The van der Waals surface area contributed by atoms with Gasteiger partial charge in [-0.05, 0) is 37.0 Å². The zero-order chi connectivity index (χ0) is 16.0. The van der Waals surface area contributed by atoms with Crippen LogP contribution in [0, 0.1) is 19.8 Å². The van der Waals surface area contributed by atoms with Crippen molar-refractivity contribution in [2.24, 2.45) is 5.92 Å². The molecule has 0 heterocycles. The highest BCUT2D eigenvalue weighted by Gasteiger charge is 2.15. The standard InChI is InChI=1S/C15H20N2O4/c1-9(8-14(19)20)7-13(18)17-15(21)16-12-6-4-5-10(2)11(12)3/h4-6,9H,7-8H2,1-3H3,(H,19,20)(H2,16,17,18,21). The fraction of sp³-hybridized carbons (Fsp3) is 0.400. The van der Waals surface area contributed by atoms with Gasteiger partial charge in [0.15, 0.2) is 0 Å². The molecular weight excluding hydrogens is 272 g/mol. The number of benzene rings is 1. The average Bonchev–Trinajstić information content (AvgIpc) is 2.33. The van der Waals surface area contributed by atoms with E-state index in [9.17, 15) is 14.4 Å². The Morgan fingerprint density at radius 3 is 2.48 bits per heavy atom. The van der Waals surface area contributed by atoms with Crippen molar-refractivity contribution in [3.8, 4) is 0 Å². The molecule has 3 N–H and O–H groups in total. The van der Waals surface area contributed by atoms with Gasteiger partial charge in [0.1, 0.15) is 0 Å². The third kappa shape index (κ3) is 5.64. The molecule has 1 rings (SSSR count). The van der Waals surface area contributed by atoms with E-state index in [1.807, 2.05) is 26.0 Å². The Kier molecular flexibility index (Phi) is 5.90. The lowest BCUT2D eigenvalue weighted by Crippen LogP contribution is -2.35. The van der Waals surface area contributed by atoms with E-state index in [-0.39, 0.29) is 18.8 Å². The fourth-order valence-corrected chi connectivity index (χ4v) is 1.90. The third-order valence-corrected chi connectivity index (χ3v) is 3.16. The van der Waals surface area contributed by atoms with Gasteiger partial charge in [-0.2, -0.15) is 0 Å². The number of carboxylic acid groups (broad SMARTS) is 1. The number of aliphatic carboxylic acids is 1. The first kappa shape index (κ1) is 16.7. The summed E-state index contributed by atoms with van der Waals surface area (Å²) in [5.74, 6) is -1.78. The Bertz CT molecular complexity index is 555. The predicted molar refractivity (Wildman–Crippen MR) is 79.1 cm³/mol. The minimum Gasteiger partial charge on any atom is -0.481 e. The highest BCUT2D eigenvalue weighted by atomic mass is 16.4. The maximum absolute atomic E-state index is 11.7. The zero-order valence-corrected chi connectivity index (χ0v) is 12.4. The van der Waals surface area contributed by atoms with Crippen molar-refractivity contribution < 1.29 is 19.5 Å². The van der Waals surface area contributed by atoms with E-state index >= 15 is 0 Å². The number of carbonyl (C=O) groups excluding carboxylic acids is 2. The number of urea groups is 1. The molecular formula is C15H20N2O4. The van der Waals surface area contributed by atoms with Gasteiger partial charge in [-0.1, -0.05) is 19.1 Å². The minimum atomic E-state index is -0.963. The molecule has 0 saturated carbocycles. The van der Waals surface area contributed by atoms with Crippen molar-refractivity contribution >= 4 is 23.6 Å². The maximum Gasteiger partial charge on any atom is 0.325 e. The second kappa shape index (κ2) is 7.42. The number of rotatable bonds is 5. The van der Waals surface area contributed by atoms with Gasteiger partial charge >= 0.3 is 12.0 Å². The van der Waals surface area contributed by atoms with Crippen molar-refractivity contribution in [2.75, 3.05) is 5.32 Å². The van der Waals surface area contributed by atoms with Crippen LogP contribution in [-0.4, -0.2) is 23.0 Å². The summed E-state index contributed by atoms with van der Waals surface area (Å²) in [6, 6.07) is 4.88. The molecule has 6 heteroatoms. The number of aryl methyl sites for hydroxylation is 1. The number of carbonyl (C=O) groups is 3. The summed E-state index contributed by atoms with van der Waals surface area (Å²) < 4.78 is 0. The van der Waals surface area contributed by atoms with Crippen LogP contribution in [0.3, 0.4) is 0 Å². The van der Waals surface area contributed by atoms with Gasteiger partial charge in [-0.3, -0.25) is 14.9 Å². The molecule has 3 amide bonds. The molecule has 0 aliphatic carbocycles. The number of hydrogen-bond donors (Lipinski definition) is 3.